The number of pyridine rings is 1. The van der Waals surface area contributed by atoms with Gasteiger partial charge in [-0.2, -0.15) is 0 Å². The molecule has 90 valence electrons. The lowest BCUT2D eigenvalue weighted by Gasteiger charge is -1.93. The summed E-state index contributed by atoms with van der Waals surface area (Å²) >= 11 is 0. The van der Waals surface area contributed by atoms with Crippen LogP contribution in [0.1, 0.15) is 5.56 Å². The zero-order valence-corrected chi connectivity index (χ0v) is 10.3. The van der Waals surface area contributed by atoms with Gasteiger partial charge in [-0.1, -0.05) is 30.3 Å². The minimum absolute atomic E-state index is 0.961. The molecule has 0 N–H and O–H groups in total. The quantitative estimate of drug-likeness (QED) is 0.373. The van der Waals surface area contributed by atoms with Gasteiger partial charge in [0.25, 0.3) is 0 Å². The minimum atomic E-state index is 0.961. The van der Waals surface area contributed by atoms with Gasteiger partial charge in [-0.25, -0.2) is 13.4 Å². The third-order valence-corrected chi connectivity index (χ3v) is 4.02. The fraction of sp³-hybridized carbons (Fsp3) is 0.0625. The van der Waals surface area contributed by atoms with Crippen LogP contribution in [-0.2, 0) is 6.54 Å². The Hall–Kier alpha value is -2.55. The maximum Gasteiger partial charge on any atom is 0.374 e. The minimum Gasteiger partial charge on any atom is -0.223 e. The van der Waals surface area contributed by atoms with Crippen molar-refractivity contribution in [3.05, 3.63) is 66.6 Å². The Morgan fingerprint density at radius 1 is 0.947 bits per heavy atom. The van der Waals surface area contributed by atoms with E-state index in [0.717, 1.165) is 6.54 Å². The van der Waals surface area contributed by atoms with E-state index in [9.17, 15) is 0 Å². The predicted molar refractivity (Wildman–Crippen MR) is 73.1 cm³/mol. The topological polar surface area (TPSA) is 13.4 Å². The third kappa shape index (κ3) is 1.06. The molecule has 0 radical (unpaired) electrons. The van der Waals surface area contributed by atoms with Crippen molar-refractivity contribution in [2.45, 2.75) is 6.54 Å². The Bertz CT molecular complexity index is 943. The van der Waals surface area contributed by atoms with Gasteiger partial charge in [0.05, 0.1) is 12.7 Å². The Morgan fingerprint density at radius 2 is 1.84 bits per heavy atom. The van der Waals surface area contributed by atoms with Gasteiger partial charge in [-0.15, -0.1) is 0 Å². The van der Waals surface area contributed by atoms with Gasteiger partial charge in [-0.05, 0) is 17.7 Å². The molecule has 4 heterocycles. The maximum atomic E-state index is 2.39. The van der Waals surface area contributed by atoms with Crippen LogP contribution in [0.2, 0.25) is 0 Å². The molecule has 0 fully saturated rings. The molecule has 0 saturated heterocycles. The van der Waals surface area contributed by atoms with Crippen molar-refractivity contribution >= 4 is 11.3 Å². The third-order valence-electron chi connectivity index (χ3n) is 4.02. The van der Waals surface area contributed by atoms with Crippen LogP contribution in [0.5, 0.6) is 0 Å². The zero-order chi connectivity index (χ0) is 12.4. The van der Waals surface area contributed by atoms with Gasteiger partial charge in [0.2, 0.25) is 0 Å². The van der Waals surface area contributed by atoms with E-state index >= 15 is 0 Å². The summed E-state index contributed by atoms with van der Waals surface area (Å²) in [5, 5.41) is 0. The molecule has 19 heavy (non-hydrogen) atoms. The number of fused-ring (bicyclic) bond motifs is 7. The van der Waals surface area contributed by atoms with Gasteiger partial charge < -0.3 is 0 Å². The second kappa shape index (κ2) is 3.06. The first-order chi connectivity index (χ1) is 9.42. The van der Waals surface area contributed by atoms with Crippen LogP contribution >= 0.6 is 0 Å². The summed E-state index contributed by atoms with van der Waals surface area (Å²) in [5.41, 5.74) is 5.30. The van der Waals surface area contributed by atoms with Crippen LogP contribution in [0.4, 0.5) is 0 Å². The summed E-state index contributed by atoms with van der Waals surface area (Å²) in [7, 11) is 0. The van der Waals surface area contributed by atoms with Crippen molar-refractivity contribution in [2.75, 3.05) is 0 Å². The molecule has 4 aromatic rings. The number of hydrogen-bond acceptors (Lipinski definition) is 0. The molecule has 0 unspecified atom stereocenters. The lowest BCUT2D eigenvalue weighted by atomic mass is 10.1. The summed E-state index contributed by atoms with van der Waals surface area (Å²) < 4.78 is 6.85. The number of imidazole rings is 2. The maximum absolute atomic E-state index is 2.39. The molecule has 0 saturated carbocycles. The molecule has 0 atom stereocenters. The van der Waals surface area contributed by atoms with E-state index in [1.807, 2.05) is 0 Å². The Morgan fingerprint density at radius 3 is 2.84 bits per heavy atom. The smallest absolute Gasteiger partial charge is 0.223 e. The number of nitrogens with zero attached hydrogens (tertiary/aromatic N) is 3. The highest BCUT2D eigenvalue weighted by Gasteiger charge is 2.28. The molecule has 0 aliphatic carbocycles. The molecular formula is C16H12N3+. The molecule has 3 nitrogen and oxygen atoms in total. The molecule has 0 bridgehead atoms. The van der Waals surface area contributed by atoms with Crippen molar-refractivity contribution in [3.63, 3.8) is 0 Å². The molecule has 1 aromatic carbocycles. The Kier molecular flexibility index (Phi) is 1.51. The molecule has 5 rings (SSSR count). The fourth-order valence-electron chi connectivity index (χ4n) is 3.19. The second-order valence-electron chi connectivity index (χ2n) is 5.09. The van der Waals surface area contributed by atoms with Crippen molar-refractivity contribution in [1.82, 2.24) is 8.97 Å². The monoisotopic (exact) mass is 246 g/mol. The highest BCUT2D eigenvalue weighted by Crippen LogP contribution is 2.32. The molecule has 0 amide bonds. The lowest BCUT2D eigenvalue weighted by Crippen LogP contribution is -2.16. The van der Waals surface area contributed by atoms with Crippen molar-refractivity contribution in [3.8, 4) is 11.3 Å². The number of aromatic nitrogens is 3. The van der Waals surface area contributed by atoms with E-state index in [1.165, 1.54) is 28.1 Å². The lowest BCUT2D eigenvalue weighted by molar-refractivity contribution is -0.508. The molecule has 1 aliphatic heterocycles. The average Bonchev–Trinajstić information content (AvgIpc) is 3.05. The first-order valence-electron chi connectivity index (χ1n) is 6.51. The first kappa shape index (κ1) is 9.39. The largest absolute Gasteiger partial charge is 0.374 e. The molecule has 3 aromatic heterocycles. The SMILES string of the molecule is c1ccc2c(c1)Cn1c-2c[n+]2cc3ccccn3c12. The van der Waals surface area contributed by atoms with Crippen LogP contribution in [0, 0.1) is 0 Å². The van der Waals surface area contributed by atoms with E-state index in [1.54, 1.807) is 0 Å². The van der Waals surface area contributed by atoms with Crippen molar-refractivity contribution in [2.24, 2.45) is 0 Å². The van der Waals surface area contributed by atoms with Crippen molar-refractivity contribution in [1.29, 1.82) is 0 Å². The Labute approximate surface area is 110 Å². The number of benzene rings is 1. The normalized spacial score (nSPS) is 13.1. The molecule has 3 heteroatoms. The standard InChI is InChI=1S/C16H12N3/c1-2-7-14-12(5-1)9-19-15(14)11-17-10-13-6-3-4-8-18(13)16(17)19/h1-8,10-11H,9H2/q+1. The summed E-state index contributed by atoms with van der Waals surface area (Å²) in [4.78, 5) is 0. The van der Waals surface area contributed by atoms with Gasteiger partial charge >= 0.3 is 5.78 Å². The zero-order valence-electron chi connectivity index (χ0n) is 10.3. The van der Waals surface area contributed by atoms with Gasteiger partial charge in [0.1, 0.15) is 23.6 Å². The van der Waals surface area contributed by atoms with Crippen LogP contribution in [0.3, 0.4) is 0 Å². The average molecular weight is 246 g/mol. The van der Waals surface area contributed by atoms with Crippen molar-refractivity contribution < 1.29 is 4.40 Å². The van der Waals surface area contributed by atoms with Crippen LogP contribution in [0.15, 0.2) is 61.1 Å². The summed E-state index contributed by atoms with van der Waals surface area (Å²) in [5.74, 6) is 1.22. The summed E-state index contributed by atoms with van der Waals surface area (Å²) in [6.45, 7) is 0.961. The van der Waals surface area contributed by atoms with E-state index in [2.05, 4.69) is 74.4 Å². The van der Waals surface area contributed by atoms with Gasteiger partial charge in [-0.3, -0.25) is 0 Å². The molecular weight excluding hydrogens is 234 g/mol. The predicted octanol–water partition coefficient (Wildman–Crippen LogP) is 2.51. The van der Waals surface area contributed by atoms with E-state index in [0.29, 0.717) is 0 Å². The fourth-order valence-corrected chi connectivity index (χ4v) is 3.19. The van der Waals surface area contributed by atoms with E-state index in [-0.39, 0.29) is 0 Å². The van der Waals surface area contributed by atoms with Gasteiger partial charge in [0, 0.05) is 5.56 Å². The van der Waals surface area contributed by atoms with Crippen LogP contribution in [-0.4, -0.2) is 8.97 Å². The highest BCUT2D eigenvalue weighted by molar-refractivity contribution is 5.69. The second-order valence-corrected chi connectivity index (χ2v) is 5.09. The molecule has 0 spiro atoms. The van der Waals surface area contributed by atoms with Crippen LogP contribution < -0.4 is 4.40 Å². The summed E-state index contributed by atoms with van der Waals surface area (Å²) in [6.07, 6.45) is 6.54. The number of hydrogen-bond donors (Lipinski definition) is 0. The van der Waals surface area contributed by atoms with Gasteiger partial charge in [0.15, 0.2) is 0 Å². The Balaban J connectivity index is 1.94. The summed E-state index contributed by atoms with van der Waals surface area (Å²) in [6, 6.07) is 15.0. The number of rotatable bonds is 0. The highest BCUT2D eigenvalue weighted by atomic mass is 15.2. The molecule has 1 aliphatic rings. The first-order valence-corrected chi connectivity index (χ1v) is 6.51. The van der Waals surface area contributed by atoms with E-state index in [4.69, 9.17) is 0 Å². The van der Waals surface area contributed by atoms with E-state index < -0.39 is 0 Å². The van der Waals surface area contributed by atoms with Crippen LogP contribution in [0.25, 0.3) is 22.6 Å².